The molecule has 0 radical (unpaired) electrons. The van der Waals surface area contributed by atoms with E-state index in [4.69, 9.17) is 4.74 Å². The van der Waals surface area contributed by atoms with E-state index < -0.39 is 35.9 Å². The van der Waals surface area contributed by atoms with Crippen molar-refractivity contribution in [2.45, 2.75) is 44.3 Å². The molecule has 3 rings (SSSR count). The number of carbonyl (C=O) groups is 4. The van der Waals surface area contributed by atoms with Crippen LogP contribution in [0.5, 0.6) is 0 Å². The Bertz CT molecular complexity index is 992. The monoisotopic (exact) mass is 437 g/mol. The van der Waals surface area contributed by atoms with Gasteiger partial charge < -0.3 is 20.7 Å². The molecule has 2 aromatic rings. The van der Waals surface area contributed by atoms with Gasteiger partial charge in [-0.1, -0.05) is 54.6 Å². The summed E-state index contributed by atoms with van der Waals surface area (Å²) in [5.74, 6) is -1.90. The number of esters is 1. The summed E-state index contributed by atoms with van der Waals surface area (Å²) in [6.07, 6.45) is 0.336. The second-order valence-corrected chi connectivity index (χ2v) is 7.79. The molecular formula is C24H27N3O5. The Balaban J connectivity index is 1.59. The first kappa shape index (κ1) is 23.0. The topological polar surface area (TPSA) is 114 Å². The molecule has 8 nitrogen and oxygen atoms in total. The van der Waals surface area contributed by atoms with Gasteiger partial charge in [0.1, 0.15) is 18.1 Å². The molecule has 8 heteroatoms. The molecule has 0 bridgehead atoms. The number of aryl methyl sites for hydroxylation is 1. The van der Waals surface area contributed by atoms with Crippen molar-refractivity contribution in [2.75, 3.05) is 7.11 Å². The van der Waals surface area contributed by atoms with E-state index in [1.165, 1.54) is 7.11 Å². The first-order valence-corrected chi connectivity index (χ1v) is 10.4. The summed E-state index contributed by atoms with van der Waals surface area (Å²) >= 11 is 0. The fourth-order valence-corrected chi connectivity index (χ4v) is 3.65. The van der Waals surface area contributed by atoms with Gasteiger partial charge in [-0.25, -0.2) is 4.79 Å². The molecule has 1 saturated heterocycles. The van der Waals surface area contributed by atoms with Crippen molar-refractivity contribution in [2.24, 2.45) is 0 Å². The number of methoxy groups -OCH3 is 1. The normalized spacial score (nSPS) is 18.8. The van der Waals surface area contributed by atoms with Gasteiger partial charge in [0.25, 0.3) is 0 Å². The van der Waals surface area contributed by atoms with Crippen molar-refractivity contribution in [3.8, 4) is 0 Å². The Morgan fingerprint density at radius 1 is 0.969 bits per heavy atom. The lowest BCUT2D eigenvalue weighted by Gasteiger charge is -2.29. The first-order valence-electron chi connectivity index (χ1n) is 10.4. The van der Waals surface area contributed by atoms with Crippen LogP contribution in [0.4, 0.5) is 0 Å². The fourth-order valence-electron chi connectivity index (χ4n) is 3.65. The average Bonchev–Trinajstić information content (AvgIpc) is 2.78. The van der Waals surface area contributed by atoms with Gasteiger partial charge in [0.05, 0.1) is 13.5 Å². The summed E-state index contributed by atoms with van der Waals surface area (Å²) < 4.78 is 4.82. The molecule has 3 atom stereocenters. The fraction of sp³-hybridized carbons (Fsp3) is 0.333. The van der Waals surface area contributed by atoms with Crippen molar-refractivity contribution in [3.05, 3.63) is 71.3 Å². The van der Waals surface area contributed by atoms with Gasteiger partial charge in [-0.05, 0) is 23.6 Å². The highest BCUT2D eigenvalue weighted by Crippen LogP contribution is 2.12. The molecule has 0 saturated carbocycles. The maximum Gasteiger partial charge on any atom is 0.328 e. The van der Waals surface area contributed by atoms with E-state index in [2.05, 4.69) is 16.0 Å². The molecule has 1 aliphatic heterocycles. The minimum Gasteiger partial charge on any atom is -0.467 e. The molecule has 1 aliphatic rings. The summed E-state index contributed by atoms with van der Waals surface area (Å²) in [7, 11) is 1.25. The third-order valence-corrected chi connectivity index (χ3v) is 5.44. The number of piperazine rings is 1. The van der Waals surface area contributed by atoms with Gasteiger partial charge in [-0.2, -0.15) is 0 Å². The quantitative estimate of drug-likeness (QED) is 0.529. The van der Waals surface area contributed by atoms with Crippen molar-refractivity contribution in [3.63, 3.8) is 0 Å². The third kappa shape index (κ3) is 5.94. The zero-order valence-corrected chi connectivity index (χ0v) is 18.1. The minimum absolute atomic E-state index is 0.257. The van der Waals surface area contributed by atoms with E-state index in [-0.39, 0.29) is 18.7 Å². The summed E-state index contributed by atoms with van der Waals surface area (Å²) in [5, 5.41) is 7.93. The van der Waals surface area contributed by atoms with E-state index in [1.54, 1.807) is 0 Å². The number of nitrogens with one attached hydrogen (secondary N) is 3. The lowest BCUT2D eigenvalue weighted by molar-refractivity contribution is -0.145. The zero-order valence-electron chi connectivity index (χ0n) is 18.1. The molecule has 1 fully saturated rings. The van der Waals surface area contributed by atoms with Crippen molar-refractivity contribution in [1.82, 2.24) is 16.0 Å². The Morgan fingerprint density at radius 2 is 1.59 bits per heavy atom. The third-order valence-electron chi connectivity index (χ3n) is 5.44. The summed E-state index contributed by atoms with van der Waals surface area (Å²) in [6, 6.07) is 14.3. The second-order valence-electron chi connectivity index (χ2n) is 7.79. The van der Waals surface area contributed by atoms with E-state index >= 15 is 0 Å². The van der Waals surface area contributed by atoms with Crippen molar-refractivity contribution < 1.29 is 23.9 Å². The van der Waals surface area contributed by atoms with E-state index in [1.807, 2.05) is 61.5 Å². The number of amides is 3. The molecule has 1 heterocycles. The van der Waals surface area contributed by atoms with Crippen LogP contribution >= 0.6 is 0 Å². The maximum absolute atomic E-state index is 12.6. The smallest absolute Gasteiger partial charge is 0.328 e. The van der Waals surface area contributed by atoms with Crippen LogP contribution in [-0.2, 0) is 36.8 Å². The predicted octanol–water partition coefficient (Wildman–Crippen LogP) is 0.811. The van der Waals surface area contributed by atoms with Gasteiger partial charge in [-0.3, -0.25) is 14.4 Å². The highest BCUT2D eigenvalue weighted by molar-refractivity contribution is 5.99. The standard InChI is InChI=1S/C24H27N3O5/c1-15-8-6-7-11-17(15)13-20(24(31)32-2)25-21(28)14-19-23(30)26-18(22(29)27-19)12-16-9-4-3-5-10-16/h3-11,18-20H,12-14H2,1-2H3,(H,25,28)(H,26,30)(H,27,29)/t18-,19-,20-/m0/s1. The van der Waals surface area contributed by atoms with Crippen molar-refractivity contribution in [1.29, 1.82) is 0 Å². The Labute approximate surface area is 186 Å². The number of benzene rings is 2. The van der Waals surface area contributed by atoms with Crippen LogP contribution in [0.3, 0.4) is 0 Å². The van der Waals surface area contributed by atoms with Crippen LogP contribution in [-0.4, -0.2) is 48.9 Å². The number of rotatable bonds is 8. The molecule has 0 aliphatic carbocycles. The van der Waals surface area contributed by atoms with Gasteiger partial charge in [0, 0.05) is 12.8 Å². The Morgan fingerprint density at radius 3 is 2.28 bits per heavy atom. The number of hydrogen-bond acceptors (Lipinski definition) is 5. The molecule has 168 valence electrons. The molecule has 2 aromatic carbocycles. The van der Waals surface area contributed by atoms with Gasteiger partial charge in [0.15, 0.2) is 0 Å². The van der Waals surface area contributed by atoms with Crippen LogP contribution in [0.25, 0.3) is 0 Å². The van der Waals surface area contributed by atoms with Crippen LogP contribution in [0, 0.1) is 6.92 Å². The van der Waals surface area contributed by atoms with Crippen LogP contribution < -0.4 is 16.0 Å². The molecule has 0 unspecified atom stereocenters. The minimum atomic E-state index is -1.01. The van der Waals surface area contributed by atoms with Crippen molar-refractivity contribution >= 4 is 23.7 Å². The lowest BCUT2D eigenvalue weighted by atomic mass is 9.99. The molecule has 32 heavy (non-hydrogen) atoms. The van der Waals surface area contributed by atoms with Crippen LogP contribution in [0.15, 0.2) is 54.6 Å². The Hall–Kier alpha value is -3.68. The number of hydrogen-bond donors (Lipinski definition) is 3. The largest absolute Gasteiger partial charge is 0.467 e. The molecule has 0 spiro atoms. The first-order chi connectivity index (χ1) is 15.4. The summed E-state index contributed by atoms with van der Waals surface area (Å²) in [5.41, 5.74) is 2.80. The van der Waals surface area contributed by atoms with Gasteiger partial charge in [0.2, 0.25) is 17.7 Å². The summed E-state index contributed by atoms with van der Waals surface area (Å²) in [6.45, 7) is 1.92. The lowest BCUT2D eigenvalue weighted by Crippen LogP contribution is -2.63. The predicted molar refractivity (Wildman–Crippen MR) is 117 cm³/mol. The number of carbonyl (C=O) groups excluding carboxylic acids is 4. The average molecular weight is 437 g/mol. The van der Waals surface area contributed by atoms with Crippen LogP contribution in [0.2, 0.25) is 0 Å². The summed E-state index contributed by atoms with van der Waals surface area (Å²) in [4.78, 5) is 49.7. The molecule has 0 aromatic heterocycles. The van der Waals surface area contributed by atoms with Gasteiger partial charge >= 0.3 is 5.97 Å². The van der Waals surface area contributed by atoms with E-state index in [0.717, 1.165) is 16.7 Å². The number of ether oxygens (including phenoxy) is 1. The second kappa shape index (κ2) is 10.6. The molecule has 3 amide bonds. The maximum atomic E-state index is 12.6. The van der Waals surface area contributed by atoms with Gasteiger partial charge in [-0.15, -0.1) is 0 Å². The van der Waals surface area contributed by atoms with E-state index in [0.29, 0.717) is 6.42 Å². The highest BCUT2D eigenvalue weighted by Gasteiger charge is 2.35. The van der Waals surface area contributed by atoms with E-state index in [9.17, 15) is 19.2 Å². The molecule has 3 N–H and O–H groups in total. The molecular weight excluding hydrogens is 410 g/mol. The Kier molecular flexibility index (Phi) is 7.59. The highest BCUT2D eigenvalue weighted by atomic mass is 16.5. The van der Waals surface area contributed by atoms with Crippen LogP contribution in [0.1, 0.15) is 23.1 Å². The SMILES string of the molecule is COC(=O)[C@H](Cc1ccccc1C)NC(=O)C[C@@H]1NC(=O)[C@H](Cc2ccccc2)NC1=O. The zero-order chi connectivity index (χ0) is 23.1.